The molecule has 0 fully saturated rings. The van der Waals surface area contributed by atoms with E-state index < -0.39 is 0 Å². The number of aliphatic imine (C=N–C) groups is 1. The number of rotatable bonds is 5. The van der Waals surface area contributed by atoms with E-state index >= 15 is 0 Å². The summed E-state index contributed by atoms with van der Waals surface area (Å²) in [6.45, 7) is 7.34. The molecule has 0 spiro atoms. The van der Waals surface area contributed by atoms with Crippen LogP contribution < -0.4 is 0 Å². The third kappa shape index (κ3) is 4.60. The van der Waals surface area contributed by atoms with Crippen LogP contribution in [0.5, 0.6) is 0 Å². The minimum absolute atomic E-state index is 0.294. The molecule has 23 heavy (non-hydrogen) atoms. The van der Waals surface area contributed by atoms with E-state index in [1.54, 1.807) is 30.6 Å². The molecule has 0 atom stereocenters. The van der Waals surface area contributed by atoms with Gasteiger partial charge in [-0.15, -0.1) is 0 Å². The summed E-state index contributed by atoms with van der Waals surface area (Å²) in [4.78, 5) is 8.65. The second kappa shape index (κ2) is 7.84. The summed E-state index contributed by atoms with van der Waals surface area (Å²) in [6, 6.07) is 6.95. The second-order valence-corrected chi connectivity index (χ2v) is 5.62. The van der Waals surface area contributed by atoms with E-state index in [0.717, 1.165) is 22.5 Å². The highest BCUT2D eigenvalue weighted by Crippen LogP contribution is 2.22. The molecule has 1 aromatic heterocycles. The average molecular weight is 329 g/mol. The molecule has 0 aliphatic carbocycles. The van der Waals surface area contributed by atoms with Crippen LogP contribution in [0.25, 0.3) is 0 Å². The van der Waals surface area contributed by atoms with E-state index in [2.05, 4.69) is 16.6 Å². The van der Waals surface area contributed by atoms with Crippen molar-refractivity contribution in [3.05, 3.63) is 88.6 Å². The highest BCUT2D eigenvalue weighted by molar-refractivity contribution is 6.31. The number of halogens is 2. The molecule has 0 N–H and O–H groups in total. The fraction of sp³-hybridized carbons (Fsp3) is 0.158. The van der Waals surface area contributed by atoms with Gasteiger partial charge >= 0.3 is 0 Å². The van der Waals surface area contributed by atoms with Crippen LogP contribution in [0.4, 0.5) is 4.39 Å². The maximum atomic E-state index is 14.0. The number of benzene rings is 1. The smallest absolute Gasteiger partial charge is 0.128 e. The lowest BCUT2D eigenvalue weighted by Gasteiger charge is -2.07. The first-order chi connectivity index (χ1) is 11.0. The van der Waals surface area contributed by atoms with Gasteiger partial charge in [0.05, 0.1) is 11.4 Å². The van der Waals surface area contributed by atoms with E-state index in [-0.39, 0.29) is 5.82 Å². The van der Waals surface area contributed by atoms with Crippen LogP contribution in [0, 0.1) is 12.7 Å². The number of aromatic nitrogens is 1. The number of hydrogen-bond acceptors (Lipinski definition) is 2. The quantitative estimate of drug-likeness (QED) is 0.541. The molecule has 2 nitrogen and oxygen atoms in total. The molecule has 1 aromatic carbocycles. The van der Waals surface area contributed by atoms with Crippen LogP contribution >= 0.6 is 11.6 Å². The Labute approximate surface area is 141 Å². The lowest BCUT2D eigenvalue weighted by molar-refractivity contribution is 0.613. The normalized spacial score (nSPS) is 11.9. The number of hydrogen-bond donors (Lipinski definition) is 0. The van der Waals surface area contributed by atoms with E-state index in [1.807, 2.05) is 26.0 Å². The van der Waals surface area contributed by atoms with Crippen molar-refractivity contribution < 1.29 is 4.39 Å². The van der Waals surface area contributed by atoms with Crippen molar-refractivity contribution in [2.75, 3.05) is 0 Å². The van der Waals surface area contributed by atoms with E-state index in [4.69, 9.17) is 11.6 Å². The fourth-order valence-corrected chi connectivity index (χ4v) is 2.25. The molecule has 0 saturated heterocycles. The molecule has 0 bridgehead atoms. The fourth-order valence-electron chi connectivity index (χ4n) is 2.10. The molecule has 1 heterocycles. The molecule has 2 aromatic rings. The van der Waals surface area contributed by atoms with Gasteiger partial charge in [0.15, 0.2) is 0 Å². The Morgan fingerprint density at radius 2 is 2.17 bits per heavy atom. The van der Waals surface area contributed by atoms with Crippen LogP contribution in [-0.4, -0.2) is 10.7 Å². The van der Waals surface area contributed by atoms with Gasteiger partial charge in [0.2, 0.25) is 0 Å². The van der Waals surface area contributed by atoms with E-state index in [9.17, 15) is 4.39 Å². The minimum Gasteiger partial charge on any atom is -0.259 e. The van der Waals surface area contributed by atoms with E-state index in [0.29, 0.717) is 17.0 Å². The van der Waals surface area contributed by atoms with E-state index in [1.165, 1.54) is 6.07 Å². The zero-order chi connectivity index (χ0) is 16.8. The molecule has 0 aliphatic rings. The van der Waals surface area contributed by atoms with Gasteiger partial charge < -0.3 is 0 Å². The summed E-state index contributed by atoms with van der Waals surface area (Å²) in [6.07, 6.45) is 7.31. The molecule has 0 aliphatic heterocycles. The monoisotopic (exact) mass is 328 g/mol. The summed E-state index contributed by atoms with van der Waals surface area (Å²) in [7, 11) is 0. The first-order valence-electron chi connectivity index (χ1n) is 7.23. The Balaban J connectivity index is 2.17. The molecular formula is C19H18ClFN2. The lowest BCUT2D eigenvalue weighted by atomic mass is 10.0. The van der Waals surface area contributed by atoms with Crippen LogP contribution in [-0.2, 0) is 6.42 Å². The molecule has 0 unspecified atom stereocenters. The summed E-state index contributed by atoms with van der Waals surface area (Å²) in [5, 5.41) is 0.444. The Kier molecular flexibility index (Phi) is 5.83. The zero-order valence-corrected chi connectivity index (χ0v) is 13.9. The van der Waals surface area contributed by atoms with Crippen molar-refractivity contribution in [1.29, 1.82) is 0 Å². The largest absolute Gasteiger partial charge is 0.259 e. The molecule has 2 rings (SSSR count). The first kappa shape index (κ1) is 17.1. The van der Waals surface area contributed by atoms with Gasteiger partial charge in [0.25, 0.3) is 0 Å². The van der Waals surface area contributed by atoms with Gasteiger partial charge in [-0.25, -0.2) is 4.39 Å². The second-order valence-electron chi connectivity index (χ2n) is 5.21. The van der Waals surface area contributed by atoms with Gasteiger partial charge in [0, 0.05) is 23.8 Å². The minimum atomic E-state index is -0.294. The summed E-state index contributed by atoms with van der Waals surface area (Å²) in [5.41, 5.74) is 4.01. The third-order valence-corrected chi connectivity index (χ3v) is 3.82. The van der Waals surface area contributed by atoms with Gasteiger partial charge in [-0.05, 0) is 48.7 Å². The standard InChI is InChI=1S/C19H18ClFN2/c1-4-5-8-22-14(3)19-7-6-15(12-23-19)10-16-9-13(2)17(20)11-18(16)21/h4-9,11-12H,1,10H2,2-3H3/b8-5-,22-14?. The van der Waals surface area contributed by atoms with Crippen LogP contribution in [0.1, 0.15) is 29.3 Å². The Hall–Kier alpha value is -2.26. The lowest BCUT2D eigenvalue weighted by Crippen LogP contribution is -2.00. The van der Waals surface area contributed by atoms with Crippen molar-refractivity contribution in [2.45, 2.75) is 20.3 Å². The summed E-state index contributed by atoms with van der Waals surface area (Å²) >= 11 is 5.92. The molecule has 0 saturated carbocycles. The highest BCUT2D eigenvalue weighted by atomic mass is 35.5. The molecular weight excluding hydrogens is 311 g/mol. The highest BCUT2D eigenvalue weighted by Gasteiger charge is 2.08. The number of pyridine rings is 1. The van der Waals surface area contributed by atoms with Crippen LogP contribution in [0.15, 0.2) is 60.4 Å². The topological polar surface area (TPSA) is 25.2 Å². The Morgan fingerprint density at radius 3 is 2.83 bits per heavy atom. The molecule has 4 heteroatoms. The van der Waals surface area contributed by atoms with Crippen molar-refractivity contribution in [3.63, 3.8) is 0 Å². The van der Waals surface area contributed by atoms with Gasteiger partial charge in [-0.1, -0.05) is 36.4 Å². The number of aryl methyl sites for hydroxylation is 1. The third-order valence-electron chi connectivity index (χ3n) is 3.41. The first-order valence-corrected chi connectivity index (χ1v) is 7.61. The van der Waals surface area contributed by atoms with Crippen LogP contribution in [0.2, 0.25) is 5.02 Å². The van der Waals surface area contributed by atoms with Crippen molar-refractivity contribution in [3.8, 4) is 0 Å². The van der Waals surface area contributed by atoms with Gasteiger partial charge in [-0.3, -0.25) is 9.98 Å². The molecule has 0 amide bonds. The predicted octanol–water partition coefficient (Wildman–Crippen LogP) is 5.28. The number of nitrogens with zero attached hydrogens (tertiary/aromatic N) is 2. The maximum Gasteiger partial charge on any atom is 0.128 e. The van der Waals surface area contributed by atoms with Crippen molar-refractivity contribution >= 4 is 17.3 Å². The Bertz CT molecular complexity index is 762. The summed E-state index contributed by atoms with van der Waals surface area (Å²) < 4.78 is 14.0. The maximum absolute atomic E-state index is 14.0. The van der Waals surface area contributed by atoms with Crippen molar-refractivity contribution in [1.82, 2.24) is 4.98 Å². The molecule has 0 radical (unpaired) electrons. The Morgan fingerprint density at radius 1 is 1.39 bits per heavy atom. The predicted molar refractivity (Wildman–Crippen MR) is 94.7 cm³/mol. The average Bonchev–Trinajstić information content (AvgIpc) is 2.53. The van der Waals surface area contributed by atoms with Crippen LogP contribution in [0.3, 0.4) is 0 Å². The number of allylic oxidation sites excluding steroid dienone is 2. The molecule has 118 valence electrons. The van der Waals surface area contributed by atoms with Gasteiger partial charge in [0.1, 0.15) is 5.82 Å². The van der Waals surface area contributed by atoms with Crippen molar-refractivity contribution in [2.24, 2.45) is 4.99 Å². The SMILES string of the molecule is C=C/C=C\N=C(C)c1ccc(Cc2cc(C)c(Cl)cc2F)cn1. The zero-order valence-electron chi connectivity index (χ0n) is 13.2. The van der Waals surface area contributed by atoms with Gasteiger partial charge in [-0.2, -0.15) is 0 Å². The summed E-state index contributed by atoms with van der Waals surface area (Å²) in [5.74, 6) is -0.294.